The molecule has 158 valence electrons. The highest BCUT2D eigenvalue weighted by atomic mass is 32.1. The van der Waals surface area contributed by atoms with Crippen LogP contribution in [0.4, 0.5) is 0 Å². The summed E-state index contributed by atoms with van der Waals surface area (Å²) in [5.74, 6) is 0.705. The Kier molecular flexibility index (Phi) is 5.67. The number of nitrogens with one attached hydrogen (secondary N) is 2. The first kappa shape index (κ1) is 20.1. The molecule has 0 radical (unpaired) electrons. The molecule has 0 aliphatic carbocycles. The quantitative estimate of drug-likeness (QED) is 0.480. The zero-order valence-corrected chi connectivity index (χ0v) is 18.5. The predicted octanol–water partition coefficient (Wildman–Crippen LogP) is 4.11. The van der Waals surface area contributed by atoms with Crippen LogP contribution in [0.3, 0.4) is 0 Å². The Labute approximate surface area is 187 Å². The van der Waals surface area contributed by atoms with Gasteiger partial charge in [-0.2, -0.15) is 0 Å². The molecule has 6 nitrogen and oxygen atoms in total. The van der Waals surface area contributed by atoms with Crippen LogP contribution in [0.15, 0.2) is 58.7 Å². The molecule has 5 rings (SSSR count). The van der Waals surface area contributed by atoms with E-state index in [0.717, 1.165) is 46.1 Å². The number of carbonyl (C=O) groups excluding carboxylic acids is 1. The van der Waals surface area contributed by atoms with E-state index in [9.17, 15) is 9.59 Å². The van der Waals surface area contributed by atoms with Crippen LogP contribution in [0.25, 0.3) is 20.7 Å². The Bertz CT molecular complexity index is 1240. The van der Waals surface area contributed by atoms with Crippen molar-refractivity contribution >= 4 is 38.8 Å². The maximum absolute atomic E-state index is 12.6. The fourth-order valence-corrected chi connectivity index (χ4v) is 5.59. The highest BCUT2D eigenvalue weighted by molar-refractivity contribution is 7.21. The zero-order valence-electron chi connectivity index (χ0n) is 16.8. The van der Waals surface area contributed by atoms with E-state index in [-0.39, 0.29) is 17.5 Å². The Morgan fingerprint density at radius 3 is 2.71 bits per heavy atom. The van der Waals surface area contributed by atoms with Crippen LogP contribution in [0.2, 0.25) is 0 Å². The number of rotatable bonds is 5. The minimum atomic E-state index is -0.0865. The molecule has 1 aromatic carbocycles. The molecule has 0 unspecified atom stereocenters. The van der Waals surface area contributed by atoms with E-state index in [0.29, 0.717) is 17.8 Å². The third kappa shape index (κ3) is 4.46. The predicted molar refractivity (Wildman–Crippen MR) is 126 cm³/mol. The number of amides is 1. The summed E-state index contributed by atoms with van der Waals surface area (Å²) >= 11 is 3.01. The van der Waals surface area contributed by atoms with Gasteiger partial charge in [-0.05, 0) is 35.9 Å². The standard InChI is InChI=1S/C23H22N4O2S2/c28-21-17-13-19(15-5-2-1-3-6-15)31-23(17)26-20(25-21)14-27-10-8-16(9-11-27)24-22(29)18-7-4-12-30-18/h1-7,12-13,16H,8-11,14H2,(H,24,29)(H,25,26,28). The lowest BCUT2D eigenvalue weighted by Gasteiger charge is -2.31. The Hall–Kier alpha value is -2.81. The van der Waals surface area contributed by atoms with Crippen LogP contribution in [-0.2, 0) is 6.54 Å². The van der Waals surface area contributed by atoms with Gasteiger partial charge in [0, 0.05) is 24.0 Å². The first-order chi connectivity index (χ1) is 15.2. The first-order valence-electron chi connectivity index (χ1n) is 10.3. The van der Waals surface area contributed by atoms with E-state index >= 15 is 0 Å². The number of fused-ring (bicyclic) bond motifs is 1. The molecule has 0 atom stereocenters. The average molecular weight is 451 g/mol. The molecule has 3 aromatic heterocycles. The van der Waals surface area contributed by atoms with E-state index in [1.165, 1.54) is 11.3 Å². The topological polar surface area (TPSA) is 78.1 Å². The molecular weight excluding hydrogens is 428 g/mol. The van der Waals surface area contributed by atoms with Crippen molar-refractivity contribution in [2.45, 2.75) is 25.4 Å². The van der Waals surface area contributed by atoms with Crippen molar-refractivity contribution < 1.29 is 4.79 Å². The largest absolute Gasteiger partial charge is 0.349 e. The minimum absolute atomic E-state index is 0.0109. The molecule has 4 heterocycles. The molecule has 1 aliphatic heterocycles. The number of hydrogen-bond acceptors (Lipinski definition) is 6. The van der Waals surface area contributed by atoms with Crippen LogP contribution >= 0.6 is 22.7 Å². The maximum Gasteiger partial charge on any atom is 0.261 e. The van der Waals surface area contributed by atoms with Crippen molar-refractivity contribution in [2.24, 2.45) is 0 Å². The summed E-state index contributed by atoms with van der Waals surface area (Å²) < 4.78 is 0. The Morgan fingerprint density at radius 1 is 1.16 bits per heavy atom. The molecule has 0 bridgehead atoms. The van der Waals surface area contributed by atoms with Gasteiger partial charge in [0.05, 0.1) is 16.8 Å². The fourth-order valence-electron chi connectivity index (χ4n) is 3.91. The smallest absolute Gasteiger partial charge is 0.261 e. The van der Waals surface area contributed by atoms with Crippen molar-refractivity contribution in [3.05, 3.63) is 75.0 Å². The van der Waals surface area contributed by atoms with Crippen LogP contribution in [-0.4, -0.2) is 39.9 Å². The normalized spacial score (nSPS) is 15.4. The second kappa shape index (κ2) is 8.74. The number of H-pyrrole nitrogens is 1. The Morgan fingerprint density at radius 2 is 1.97 bits per heavy atom. The van der Waals surface area contributed by atoms with Crippen molar-refractivity contribution in [2.75, 3.05) is 13.1 Å². The molecule has 31 heavy (non-hydrogen) atoms. The lowest BCUT2D eigenvalue weighted by atomic mass is 10.0. The maximum atomic E-state index is 12.6. The molecule has 1 fully saturated rings. The molecule has 0 spiro atoms. The summed E-state index contributed by atoms with van der Waals surface area (Å²) in [6.07, 6.45) is 1.78. The molecule has 4 aromatic rings. The van der Waals surface area contributed by atoms with Gasteiger partial charge in [0.15, 0.2) is 0 Å². The van der Waals surface area contributed by atoms with Crippen LogP contribution in [0, 0.1) is 0 Å². The van der Waals surface area contributed by atoms with Crippen molar-refractivity contribution in [1.82, 2.24) is 20.2 Å². The molecule has 1 aliphatic rings. The third-order valence-corrected chi connectivity index (χ3v) is 7.50. The van der Waals surface area contributed by atoms with Crippen molar-refractivity contribution in [3.63, 3.8) is 0 Å². The van der Waals surface area contributed by atoms with Gasteiger partial charge in [-0.3, -0.25) is 14.5 Å². The van der Waals surface area contributed by atoms with Gasteiger partial charge in [0.2, 0.25) is 0 Å². The van der Waals surface area contributed by atoms with Crippen LogP contribution < -0.4 is 10.9 Å². The van der Waals surface area contributed by atoms with Crippen molar-refractivity contribution in [1.29, 1.82) is 0 Å². The number of aromatic amines is 1. The highest BCUT2D eigenvalue weighted by Gasteiger charge is 2.22. The lowest BCUT2D eigenvalue weighted by molar-refractivity contribution is 0.0912. The molecule has 2 N–H and O–H groups in total. The number of carbonyl (C=O) groups is 1. The highest BCUT2D eigenvalue weighted by Crippen LogP contribution is 2.30. The number of likely N-dealkylation sites (tertiary alicyclic amines) is 1. The fraction of sp³-hybridized carbons (Fsp3) is 0.261. The van der Waals surface area contributed by atoms with Gasteiger partial charge in [-0.25, -0.2) is 4.98 Å². The van der Waals surface area contributed by atoms with Crippen molar-refractivity contribution in [3.8, 4) is 10.4 Å². The zero-order chi connectivity index (χ0) is 21.2. The molecule has 0 saturated carbocycles. The lowest BCUT2D eigenvalue weighted by Crippen LogP contribution is -2.44. The summed E-state index contributed by atoms with van der Waals surface area (Å²) in [6, 6.07) is 15.9. The first-order valence-corrected chi connectivity index (χ1v) is 12.0. The number of hydrogen-bond donors (Lipinski definition) is 2. The Balaban J connectivity index is 1.24. The SMILES string of the molecule is O=C(NC1CCN(Cc2nc3sc(-c4ccccc4)cc3c(=O)[nH]2)CC1)c1cccs1. The van der Waals surface area contributed by atoms with E-state index < -0.39 is 0 Å². The molecule has 1 saturated heterocycles. The summed E-state index contributed by atoms with van der Waals surface area (Å²) in [5, 5.41) is 5.69. The van der Waals surface area contributed by atoms with Gasteiger partial charge in [-0.15, -0.1) is 22.7 Å². The number of piperidine rings is 1. The van der Waals surface area contributed by atoms with E-state index in [4.69, 9.17) is 4.98 Å². The minimum Gasteiger partial charge on any atom is -0.349 e. The van der Waals surface area contributed by atoms with Gasteiger partial charge in [-0.1, -0.05) is 36.4 Å². The summed E-state index contributed by atoms with van der Waals surface area (Å²) in [4.78, 5) is 37.4. The third-order valence-electron chi connectivity index (χ3n) is 5.55. The number of aromatic nitrogens is 2. The van der Waals surface area contributed by atoms with E-state index in [1.807, 2.05) is 53.9 Å². The number of thiophene rings is 2. The van der Waals surface area contributed by atoms with Gasteiger partial charge in [0.25, 0.3) is 11.5 Å². The monoisotopic (exact) mass is 450 g/mol. The van der Waals surface area contributed by atoms with Crippen LogP contribution in [0.1, 0.15) is 28.3 Å². The number of benzene rings is 1. The molecule has 1 amide bonds. The molecular formula is C23H22N4O2S2. The second-order valence-electron chi connectivity index (χ2n) is 7.71. The van der Waals surface area contributed by atoms with Crippen LogP contribution in [0.5, 0.6) is 0 Å². The van der Waals surface area contributed by atoms with Gasteiger partial charge >= 0.3 is 0 Å². The van der Waals surface area contributed by atoms with Gasteiger partial charge < -0.3 is 10.3 Å². The summed E-state index contributed by atoms with van der Waals surface area (Å²) in [5.41, 5.74) is 1.01. The van der Waals surface area contributed by atoms with E-state index in [1.54, 1.807) is 11.3 Å². The van der Waals surface area contributed by atoms with Gasteiger partial charge in [0.1, 0.15) is 10.7 Å². The summed E-state index contributed by atoms with van der Waals surface area (Å²) in [7, 11) is 0. The van der Waals surface area contributed by atoms with E-state index in [2.05, 4.69) is 15.2 Å². The average Bonchev–Trinajstić information content (AvgIpc) is 3.46. The summed E-state index contributed by atoms with van der Waals surface area (Å²) in [6.45, 7) is 2.32. The number of nitrogens with zero attached hydrogens (tertiary/aromatic N) is 2. The molecule has 8 heteroatoms. The second-order valence-corrected chi connectivity index (χ2v) is 9.69.